The Kier molecular flexibility index (Phi) is 7.41. The van der Waals surface area contributed by atoms with E-state index in [2.05, 4.69) is 27.2 Å². The van der Waals surface area contributed by atoms with Gasteiger partial charge in [-0.25, -0.2) is 18.7 Å². The van der Waals surface area contributed by atoms with Gasteiger partial charge < -0.3 is 30.1 Å². The zero-order valence-electron chi connectivity index (χ0n) is 20.8. The molecule has 1 amide bonds. The molecule has 0 unspecified atom stereocenters. The molecule has 206 valence electrons. The Morgan fingerprint density at radius 3 is 2.74 bits per heavy atom. The van der Waals surface area contributed by atoms with Gasteiger partial charge >= 0.3 is 0 Å². The Balaban J connectivity index is 1.57. The molecule has 0 saturated carbocycles. The lowest BCUT2D eigenvalue weighted by atomic mass is 10.0. The minimum Gasteiger partial charge on any atom is -0.506 e. The van der Waals surface area contributed by atoms with E-state index in [0.29, 0.717) is 36.2 Å². The fraction of sp³-hybridized carbons (Fsp3) is 0.346. The number of phenols is 1. The molecule has 2 aliphatic heterocycles. The number of nitrogens with one attached hydrogen (secondary N) is 2. The third-order valence-electron chi connectivity index (χ3n) is 6.66. The summed E-state index contributed by atoms with van der Waals surface area (Å²) < 4.78 is 38.6. The fourth-order valence-corrected chi connectivity index (χ4v) is 5.31. The largest absolute Gasteiger partial charge is 0.506 e. The minimum atomic E-state index is -2.85. The van der Waals surface area contributed by atoms with Crippen molar-refractivity contribution in [2.45, 2.75) is 24.4 Å². The molecule has 2 fully saturated rings. The van der Waals surface area contributed by atoms with Crippen LogP contribution < -0.4 is 20.3 Å². The zero-order chi connectivity index (χ0) is 27.9. The summed E-state index contributed by atoms with van der Waals surface area (Å²) in [5.41, 5.74) is 0.459. The monoisotopic (exact) mass is 579 g/mol. The van der Waals surface area contributed by atoms with Crippen LogP contribution in [0.25, 0.3) is 22.0 Å². The van der Waals surface area contributed by atoms with Gasteiger partial charge in [0.15, 0.2) is 0 Å². The number of pyridine rings is 2. The molecule has 5 rings (SSSR count). The molecule has 1 aromatic carbocycles. The standard InChI is InChI=1S/C26H25Cl2F2N5O4/c1-3-21(37)33-15-4-5-39-10-17(15)32-20-7-14-13(9-31-20)6-16(34-25(14)35-11-26(29,30)12-35)22-23(27)18(36)8-19(38-2)24(22)28/h3,6-9,15,17,36H,1,4-5,10-12H2,2H3,(H,31,32)(H,33,37)/t15-,17+/m0/s1. The molecule has 3 aromatic rings. The van der Waals surface area contributed by atoms with Crippen LogP contribution in [0.15, 0.2) is 37.1 Å². The first-order valence-electron chi connectivity index (χ1n) is 12.1. The van der Waals surface area contributed by atoms with Crippen LogP contribution in [0.5, 0.6) is 11.5 Å². The van der Waals surface area contributed by atoms with Crippen LogP contribution in [-0.4, -0.2) is 72.4 Å². The second kappa shape index (κ2) is 10.6. The third-order valence-corrected chi connectivity index (χ3v) is 7.42. The number of amides is 1. The van der Waals surface area contributed by atoms with E-state index in [1.807, 2.05) is 0 Å². The number of alkyl halides is 2. The molecule has 9 nitrogen and oxygen atoms in total. The predicted molar refractivity (Wildman–Crippen MR) is 145 cm³/mol. The quantitative estimate of drug-likeness (QED) is 0.347. The first-order chi connectivity index (χ1) is 18.6. The molecule has 13 heteroatoms. The van der Waals surface area contributed by atoms with Crippen LogP contribution in [0, 0.1) is 0 Å². The normalized spacial score (nSPS) is 20.3. The lowest BCUT2D eigenvalue weighted by Gasteiger charge is -2.40. The highest BCUT2D eigenvalue weighted by atomic mass is 35.5. The number of methoxy groups -OCH3 is 1. The molecular formula is C26H25Cl2F2N5O4. The molecule has 0 radical (unpaired) electrons. The molecule has 0 spiro atoms. The van der Waals surface area contributed by atoms with Crippen LogP contribution >= 0.6 is 23.2 Å². The van der Waals surface area contributed by atoms with E-state index >= 15 is 0 Å². The van der Waals surface area contributed by atoms with Gasteiger partial charge in [-0.1, -0.05) is 29.8 Å². The Hall–Kier alpha value is -3.41. The van der Waals surface area contributed by atoms with Crippen LogP contribution in [0.3, 0.4) is 0 Å². The maximum Gasteiger partial charge on any atom is 0.282 e. The van der Waals surface area contributed by atoms with Crippen molar-refractivity contribution in [2.75, 3.05) is 43.6 Å². The number of aromatic hydroxyl groups is 1. The Bertz CT molecular complexity index is 1450. The first kappa shape index (κ1) is 27.2. The van der Waals surface area contributed by atoms with Crippen molar-refractivity contribution in [3.63, 3.8) is 0 Å². The number of nitrogens with zero attached hydrogens (tertiary/aromatic N) is 3. The topological polar surface area (TPSA) is 109 Å². The van der Waals surface area contributed by atoms with Gasteiger partial charge in [-0.3, -0.25) is 4.79 Å². The van der Waals surface area contributed by atoms with E-state index in [1.165, 1.54) is 24.2 Å². The lowest BCUT2D eigenvalue weighted by Crippen LogP contribution is -2.56. The molecule has 3 N–H and O–H groups in total. The number of fused-ring (bicyclic) bond motifs is 1. The van der Waals surface area contributed by atoms with Crippen LogP contribution in [0.1, 0.15) is 6.42 Å². The number of hydrogen-bond acceptors (Lipinski definition) is 8. The van der Waals surface area contributed by atoms with Gasteiger partial charge in [-0.15, -0.1) is 0 Å². The van der Waals surface area contributed by atoms with Crippen LogP contribution in [0.4, 0.5) is 20.4 Å². The summed E-state index contributed by atoms with van der Waals surface area (Å²) in [4.78, 5) is 22.5. The molecule has 2 aromatic heterocycles. The van der Waals surface area contributed by atoms with Gasteiger partial charge in [-0.05, 0) is 24.6 Å². The number of carbonyl (C=O) groups is 1. The average Bonchev–Trinajstić information content (AvgIpc) is 2.90. The van der Waals surface area contributed by atoms with E-state index in [4.69, 9.17) is 32.7 Å². The van der Waals surface area contributed by atoms with Crippen molar-refractivity contribution in [3.05, 3.63) is 47.1 Å². The number of aromatic nitrogens is 2. The van der Waals surface area contributed by atoms with Crippen molar-refractivity contribution in [2.24, 2.45) is 0 Å². The minimum absolute atomic E-state index is 0.0521. The van der Waals surface area contributed by atoms with Crippen molar-refractivity contribution >= 4 is 51.5 Å². The summed E-state index contributed by atoms with van der Waals surface area (Å²) in [7, 11) is 1.39. The Morgan fingerprint density at radius 1 is 1.28 bits per heavy atom. The van der Waals surface area contributed by atoms with Gasteiger partial charge in [0.25, 0.3) is 5.92 Å². The summed E-state index contributed by atoms with van der Waals surface area (Å²) in [5.74, 6) is -2.50. The second-order valence-electron chi connectivity index (χ2n) is 9.37. The lowest BCUT2D eigenvalue weighted by molar-refractivity contribution is -0.117. The van der Waals surface area contributed by atoms with Crippen LogP contribution in [0.2, 0.25) is 10.0 Å². The number of ether oxygens (including phenoxy) is 2. The number of benzene rings is 1. The smallest absolute Gasteiger partial charge is 0.282 e. The average molecular weight is 580 g/mol. The highest BCUT2D eigenvalue weighted by Crippen LogP contribution is 2.46. The second-order valence-corrected chi connectivity index (χ2v) is 10.1. The van der Waals surface area contributed by atoms with Crippen molar-refractivity contribution in [1.82, 2.24) is 15.3 Å². The number of rotatable bonds is 7. The molecule has 2 aliphatic rings. The molecular weight excluding hydrogens is 555 g/mol. The maximum atomic E-state index is 13.9. The van der Waals surface area contributed by atoms with E-state index < -0.39 is 19.0 Å². The van der Waals surface area contributed by atoms with Gasteiger partial charge in [0, 0.05) is 35.2 Å². The number of hydrogen-bond donors (Lipinski definition) is 3. The van der Waals surface area contributed by atoms with Crippen LogP contribution in [-0.2, 0) is 9.53 Å². The first-order valence-corrected chi connectivity index (χ1v) is 12.8. The third kappa shape index (κ3) is 5.39. The van der Waals surface area contributed by atoms with Crippen molar-refractivity contribution in [1.29, 1.82) is 0 Å². The summed E-state index contributed by atoms with van der Waals surface area (Å²) in [5, 5.41) is 17.7. The van der Waals surface area contributed by atoms with Gasteiger partial charge in [-0.2, -0.15) is 0 Å². The van der Waals surface area contributed by atoms with Gasteiger partial charge in [0.05, 0.1) is 54.6 Å². The van der Waals surface area contributed by atoms with Gasteiger partial charge in [0.1, 0.15) is 23.1 Å². The maximum absolute atomic E-state index is 13.9. The summed E-state index contributed by atoms with van der Waals surface area (Å²) >= 11 is 12.9. The molecule has 2 atom stereocenters. The fourth-order valence-electron chi connectivity index (χ4n) is 4.69. The Morgan fingerprint density at radius 2 is 2.05 bits per heavy atom. The van der Waals surface area contributed by atoms with Crippen molar-refractivity contribution < 1.29 is 28.2 Å². The number of carbonyl (C=O) groups excluding carboxylic acids is 1. The van der Waals surface area contributed by atoms with Crippen molar-refractivity contribution in [3.8, 4) is 22.8 Å². The summed E-state index contributed by atoms with van der Waals surface area (Å²) in [6, 6.07) is 4.15. The van der Waals surface area contributed by atoms with E-state index in [9.17, 15) is 18.7 Å². The molecule has 2 saturated heterocycles. The summed E-state index contributed by atoms with van der Waals surface area (Å²) in [6.07, 6.45) is 3.38. The van der Waals surface area contributed by atoms with E-state index in [-0.39, 0.29) is 56.6 Å². The Labute approximate surface area is 232 Å². The van der Waals surface area contributed by atoms with E-state index in [0.717, 1.165) is 0 Å². The molecule has 4 heterocycles. The zero-order valence-corrected chi connectivity index (χ0v) is 22.3. The molecule has 0 bridgehead atoms. The molecule has 0 aliphatic carbocycles. The number of anilines is 2. The van der Waals surface area contributed by atoms with Gasteiger partial charge in [0.2, 0.25) is 5.91 Å². The number of halogens is 4. The molecule has 39 heavy (non-hydrogen) atoms. The SMILES string of the molecule is C=CC(=O)N[C@H]1CCOC[C@H]1Nc1cc2c(N3CC(F)(F)C3)nc(-c3c(Cl)c(O)cc(OC)c3Cl)cc2cn1. The predicted octanol–water partition coefficient (Wildman–Crippen LogP) is 4.64. The number of phenolic OH excluding ortho intramolecular Hbond substituents is 1. The summed E-state index contributed by atoms with van der Waals surface area (Å²) in [6.45, 7) is 3.30. The van der Waals surface area contributed by atoms with E-state index in [1.54, 1.807) is 18.3 Å². The highest BCUT2D eigenvalue weighted by molar-refractivity contribution is 6.41. The highest BCUT2D eigenvalue weighted by Gasteiger charge is 2.45.